The van der Waals surface area contributed by atoms with Gasteiger partial charge in [-0.3, -0.25) is 0 Å². The van der Waals surface area contributed by atoms with E-state index in [0.717, 1.165) is 6.42 Å². The Kier molecular flexibility index (Phi) is 1.84. The molecule has 0 saturated heterocycles. The van der Waals surface area contributed by atoms with Gasteiger partial charge in [0.25, 0.3) is 0 Å². The van der Waals surface area contributed by atoms with Crippen LogP contribution < -0.4 is 5.32 Å². The number of nitrogens with one attached hydrogen (secondary N) is 1. The van der Waals surface area contributed by atoms with Gasteiger partial charge in [0.1, 0.15) is 0 Å². The van der Waals surface area contributed by atoms with Crippen molar-refractivity contribution in [2.24, 2.45) is 0 Å². The topological polar surface area (TPSA) is 12.0 Å². The van der Waals surface area contributed by atoms with Crippen molar-refractivity contribution in [1.82, 2.24) is 5.32 Å². The first kappa shape index (κ1) is 7.39. The second-order valence-electron chi connectivity index (χ2n) is 3.11. The number of rotatable bonds is 0. The molecule has 0 aromatic rings. The first-order valence-electron chi connectivity index (χ1n) is 3.71. The van der Waals surface area contributed by atoms with E-state index in [1.165, 1.54) is 22.5 Å². The zero-order valence-corrected chi connectivity index (χ0v) is 7.21. The van der Waals surface area contributed by atoms with Gasteiger partial charge in [0.15, 0.2) is 0 Å². The first-order valence-corrected chi connectivity index (χ1v) is 3.71. The van der Waals surface area contributed by atoms with Crippen LogP contribution in [0.3, 0.4) is 0 Å². The molecule has 0 atom stereocenters. The van der Waals surface area contributed by atoms with E-state index in [4.69, 9.17) is 0 Å². The van der Waals surface area contributed by atoms with Crippen LogP contribution in [0, 0.1) is 0 Å². The highest BCUT2D eigenvalue weighted by Crippen LogP contribution is 2.20. The lowest BCUT2D eigenvalue weighted by molar-refractivity contribution is 0.840. The van der Waals surface area contributed by atoms with Gasteiger partial charge < -0.3 is 5.32 Å². The van der Waals surface area contributed by atoms with Crippen LogP contribution in [0.25, 0.3) is 0 Å². The van der Waals surface area contributed by atoms with Crippen LogP contribution in [0.2, 0.25) is 0 Å². The van der Waals surface area contributed by atoms with Crippen molar-refractivity contribution in [3.63, 3.8) is 0 Å². The highest BCUT2D eigenvalue weighted by Gasteiger charge is 2.07. The minimum atomic E-state index is 1.14. The summed E-state index contributed by atoms with van der Waals surface area (Å²) in [6.45, 7) is 8.62. The van der Waals surface area contributed by atoms with Crippen LogP contribution in [0.5, 0.6) is 0 Å². The maximum atomic E-state index is 3.34. The third kappa shape index (κ3) is 1.23. The lowest BCUT2D eigenvalue weighted by Gasteiger charge is -2.19. The Bertz CT molecular complexity index is 165. The molecule has 1 heteroatoms. The van der Waals surface area contributed by atoms with Crippen molar-refractivity contribution in [2.45, 2.75) is 34.1 Å². The smallest absolute Gasteiger partial charge is 0.0109 e. The minimum Gasteiger partial charge on any atom is -0.363 e. The van der Waals surface area contributed by atoms with Gasteiger partial charge in [0.05, 0.1) is 0 Å². The predicted molar refractivity (Wildman–Crippen MR) is 44.5 cm³/mol. The van der Waals surface area contributed by atoms with Crippen molar-refractivity contribution in [3.05, 3.63) is 22.5 Å². The summed E-state index contributed by atoms with van der Waals surface area (Å²) < 4.78 is 0. The van der Waals surface area contributed by atoms with Crippen molar-refractivity contribution in [2.75, 3.05) is 0 Å². The molecule has 0 aromatic heterocycles. The van der Waals surface area contributed by atoms with Crippen LogP contribution in [-0.4, -0.2) is 0 Å². The molecule has 0 radical (unpaired) electrons. The molecule has 1 rings (SSSR count). The highest BCUT2D eigenvalue weighted by atomic mass is 14.9. The molecule has 1 aliphatic rings. The van der Waals surface area contributed by atoms with E-state index in [9.17, 15) is 0 Å². The summed E-state index contributed by atoms with van der Waals surface area (Å²) in [5, 5.41) is 3.34. The minimum absolute atomic E-state index is 1.14. The maximum Gasteiger partial charge on any atom is 0.0109 e. The maximum absolute atomic E-state index is 3.34. The van der Waals surface area contributed by atoms with E-state index in [2.05, 4.69) is 33.0 Å². The average molecular weight is 137 g/mol. The normalized spacial score (nSPS) is 19.6. The van der Waals surface area contributed by atoms with Crippen molar-refractivity contribution in [3.8, 4) is 0 Å². The largest absolute Gasteiger partial charge is 0.363 e. The summed E-state index contributed by atoms with van der Waals surface area (Å²) in [5.41, 5.74) is 5.57. The van der Waals surface area contributed by atoms with Gasteiger partial charge in [0, 0.05) is 11.4 Å². The van der Waals surface area contributed by atoms with E-state index in [1.807, 2.05) is 0 Å². The van der Waals surface area contributed by atoms with Crippen molar-refractivity contribution >= 4 is 0 Å². The molecule has 0 saturated carbocycles. The number of allylic oxidation sites excluding steroid dienone is 4. The van der Waals surface area contributed by atoms with E-state index in [-0.39, 0.29) is 0 Å². The summed E-state index contributed by atoms with van der Waals surface area (Å²) in [7, 11) is 0. The van der Waals surface area contributed by atoms with Crippen LogP contribution in [0.1, 0.15) is 34.1 Å². The van der Waals surface area contributed by atoms with Crippen molar-refractivity contribution < 1.29 is 0 Å². The third-order valence-corrected chi connectivity index (χ3v) is 2.19. The summed E-state index contributed by atoms with van der Waals surface area (Å²) in [5.74, 6) is 0. The molecule has 0 unspecified atom stereocenters. The molecular formula is C9H15N. The SMILES string of the molecule is CC1=C(C)NC(C)=C(C)C1. The van der Waals surface area contributed by atoms with Gasteiger partial charge in [-0.25, -0.2) is 0 Å². The number of hydrogen-bond donors (Lipinski definition) is 1. The molecular weight excluding hydrogens is 122 g/mol. The van der Waals surface area contributed by atoms with Crippen LogP contribution >= 0.6 is 0 Å². The summed E-state index contributed by atoms with van der Waals surface area (Å²) in [4.78, 5) is 0. The Morgan fingerprint density at radius 1 is 0.900 bits per heavy atom. The van der Waals surface area contributed by atoms with Gasteiger partial charge in [0.2, 0.25) is 0 Å². The van der Waals surface area contributed by atoms with Gasteiger partial charge in [-0.05, 0) is 34.1 Å². The molecule has 0 fully saturated rings. The zero-order chi connectivity index (χ0) is 7.72. The second kappa shape index (κ2) is 2.49. The van der Waals surface area contributed by atoms with Crippen molar-refractivity contribution in [1.29, 1.82) is 0 Å². The van der Waals surface area contributed by atoms with Gasteiger partial charge >= 0.3 is 0 Å². The van der Waals surface area contributed by atoms with Crippen LogP contribution in [-0.2, 0) is 0 Å². The Morgan fingerprint density at radius 3 is 1.60 bits per heavy atom. The fourth-order valence-electron chi connectivity index (χ4n) is 1.16. The molecule has 0 amide bonds. The molecule has 56 valence electrons. The summed E-state index contributed by atoms with van der Waals surface area (Å²) in [6.07, 6.45) is 1.14. The summed E-state index contributed by atoms with van der Waals surface area (Å²) in [6, 6.07) is 0. The molecule has 0 aliphatic carbocycles. The lowest BCUT2D eigenvalue weighted by atomic mass is 10.0. The quantitative estimate of drug-likeness (QED) is 0.541. The van der Waals surface area contributed by atoms with E-state index in [0.29, 0.717) is 0 Å². The summed E-state index contributed by atoms with van der Waals surface area (Å²) >= 11 is 0. The standard InChI is InChI=1S/C9H15N/c1-6-5-7(2)9(4)10-8(6)3/h10H,5H2,1-4H3. The average Bonchev–Trinajstić information content (AvgIpc) is 1.84. The monoisotopic (exact) mass is 137 g/mol. The number of hydrogen-bond acceptors (Lipinski definition) is 1. The Balaban J connectivity index is 2.81. The fourth-order valence-corrected chi connectivity index (χ4v) is 1.16. The number of dihydropyridines is 1. The molecule has 10 heavy (non-hydrogen) atoms. The zero-order valence-electron chi connectivity index (χ0n) is 7.21. The van der Waals surface area contributed by atoms with Crippen LogP contribution in [0.4, 0.5) is 0 Å². The molecule has 1 heterocycles. The van der Waals surface area contributed by atoms with Crippen LogP contribution in [0.15, 0.2) is 22.5 Å². The Morgan fingerprint density at radius 2 is 1.30 bits per heavy atom. The predicted octanol–water partition coefficient (Wildman–Crippen LogP) is 2.57. The van der Waals surface area contributed by atoms with E-state index < -0.39 is 0 Å². The molecule has 0 aromatic carbocycles. The molecule has 1 nitrogen and oxygen atoms in total. The molecule has 0 bridgehead atoms. The van der Waals surface area contributed by atoms with E-state index in [1.54, 1.807) is 0 Å². The second-order valence-corrected chi connectivity index (χ2v) is 3.11. The lowest BCUT2D eigenvalue weighted by Crippen LogP contribution is -2.16. The van der Waals surface area contributed by atoms with Gasteiger partial charge in [-0.2, -0.15) is 0 Å². The first-order chi connectivity index (χ1) is 4.61. The van der Waals surface area contributed by atoms with Gasteiger partial charge in [-0.1, -0.05) is 11.1 Å². The Labute approximate surface area is 62.8 Å². The molecule has 0 spiro atoms. The fraction of sp³-hybridized carbons (Fsp3) is 0.556. The molecule has 1 N–H and O–H groups in total. The third-order valence-electron chi connectivity index (χ3n) is 2.19. The van der Waals surface area contributed by atoms with E-state index >= 15 is 0 Å². The highest BCUT2D eigenvalue weighted by molar-refractivity contribution is 5.27. The Hall–Kier alpha value is -0.720. The molecule has 1 aliphatic heterocycles. The van der Waals surface area contributed by atoms with Gasteiger partial charge in [-0.15, -0.1) is 0 Å².